The van der Waals surface area contributed by atoms with Crippen LogP contribution >= 0.6 is 0 Å². The third-order valence-electron chi connectivity index (χ3n) is 2.75. The van der Waals surface area contributed by atoms with E-state index >= 15 is 0 Å². The van der Waals surface area contributed by atoms with Gasteiger partial charge in [0.25, 0.3) is 0 Å². The van der Waals surface area contributed by atoms with Crippen LogP contribution in [0.3, 0.4) is 0 Å². The molecular formula is C15H26O2. The number of carbonyl (C=O) groups is 1. The lowest BCUT2D eigenvalue weighted by Crippen LogP contribution is -2.11. The lowest BCUT2D eigenvalue weighted by atomic mass is 10.1. The van der Waals surface area contributed by atoms with E-state index < -0.39 is 0 Å². The van der Waals surface area contributed by atoms with E-state index in [2.05, 4.69) is 26.5 Å². The first-order valence-corrected chi connectivity index (χ1v) is 6.63. The van der Waals surface area contributed by atoms with Crippen molar-refractivity contribution in [3.8, 4) is 0 Å². The largest absolute Gasteiger partial charge is 0.465 e. The molecule has 2 heteroatoms. The molecule has 0 bridgehead atoms. The molecule has 0 saturated carbocycles. The molecule has 0 spiro atoms. The first kappa shape index (κ1) is 16.0. The van der Waals surface area contributed by atoms with Gasteiger partial charge in [-0.05, 0) is 25.2 Å². The minimum atomic E-state index is -0.0491. The maximum absolute atomic E-state index is 11.3. The van der Waals surface area contributed by atoms with Crippen molar-refractivity contribution in [3.05, 3.63) is 24.8 Å². The fourth-order valence-corrected chi connectivity index (χ4v) is 1.33. The van der Waals surface area contributed by atoms with E-state index in [-0.39, 0.29) is 5.97 Å². The van der Waals surface area contributed by atoms with Gasteiger partial charge in [-0.25, -0.2) is 0 Å². The molecule has 0 aromatic heterocycles. The normalized spacial score (nSPS) is 12.6. The number of esters is 1. The summed E-state index contributed by atoms with van der Waals surface area (Å²) in [5, 5.41) is 0. The first-order valence-electron chi connectivity index (χ1n) is 6.63. The smallest absolute Gasteiger partial charge is 0.305 e. The molecule has 98 valence electrons. The molecule has 2 nitrogen and oxygen atoms in total. The van der Waals surface area contributed by atoms with Crippen LogP contribution in [0.25, 0.3) is 0 Å². The van der Waals surface area contributed by atoms with Crippen LogP contribution in [0.15, 0.2) is 24.8 Å². The maximum Gasteiger partial charge on any atom is 0.305 e. The Morgan fingerprint density at radius 3 is 2.76 bits per heavy atom. The molecule has 1 atom stereocenters. The number of hydrogen-bond acceptors (Lipinski definition) is 2. The molecule has 1 unspecified atom stereocenters. The molecule has 0 saturated heterocycles. The van der Waals surface area contributed by atoms with Crippen LogP contribution in [0.4, 0.5) is 0 Å². The van der Waals surface area contributed by atoms with E-state index in [1.54, 1.807) is 6.08 Å². The summed E-state index contributed by atoms with van der Waals surface area (Å²) in [7, 11) is 0. The van der Waals surface area contributed by atoms with Gasteiger partial charge in [-0.15, -0.1) is 0 Å². The Bertz CT molecular complexity index is 231. The fraction of sp³-hybridized carbons (Fsp3) is 0.667. The Morgan fingerprint density at radius 1 is 1.35 bits per heavy atom. The minimum Gasteiger partial charge on any atom is -0.465 e. The van der Waals surface area contributed by atoms with Gasteiger partial charge in [-0.3, -0.25) is 4.79 Å². The van der Waals surface area contributed by atoms with Gasteiger partial charge < -0.3 is 4.74 Å². The molecule has 0 N–H and O–H groups in total. The topological polar surface area (TPSA) is 26.3 Å². The van der Waals surface area contributed by atoms with Crippen LogP contribution in [-0.4, -0.2) is 12.6 Å². The molecular weight excluding hydrogens is 212 g/mol. The van der Waals surface area contributed by atoms with Crippen molar-refractivity contribution < 1.29 is 9.53 Å². The van der Waals surface area contributed by atoms with Gasteiger partial charge in [-0.2, -0.15) is 0 Å². The molecule has 0 rings (SSSR count). The molecule has 0 aromatic rings. The standard InChI is InChI=1S/C15H26O2/c1-4-6-7-8-9-10-11-12-15(16)17-13-14(3)5-2/h4,6-7,14H,1,5,8-13H2,2-3H3/b7-6+. The summed E-state index contributed by atoms with van der Waals surface area (Å²) in [5.74, 6) is 0.426. The highest BCUT2D eigenvalue weighted by Gasteiger charge is 2.05. The quantitative estimate of drug-likeness (QED) is 0.323. The summed E-state index contributed by atoms with van der Waals surface area (Å²) in [6.07, 6.45) is 11.7. The molecule has 0 heterocycles. The van der Waals surface area contributed by atoms with Crippen LogP contribution in [0.2, 0.25) is 0 Å². The predicted molar refractivity (Wildman–Crippen MR) is 72.8 cm³/mol. The van der Waals surface area contributed by atoms with Crippen LogP contribution < -0.4 is 0 Å². The van der Waals surface area contributed by atoms with E-state index in [9.17, 15) is 4.79 Å². The average molecular weight is 238 g/mol. The molecule has 0 amide bonds. The van der Waals surface area contributed by atoms with Crippen LogP contribution in [0.1, 0.15) is 52.4 Å². The van der Waals surface area contributed by atoms with E-state index in [0.29, 0.717) is 18.9 Å². The summed E-state index contributed by atoms with van der Waals surface area (Å²) in [5.41, 5.74) is 0. The summed E-state index contributed by atoms with van der Waals surface area (Å²) in [6.45, 7) is 8.38. The van der Waals surface area contributed by atoms with Crippen LogP contribution in [-0.2, 0) is 9.53 Å². The zero-order valence-electron chi connectivity index (χ0n) is 11.3. The van der Waals surface area contributed by atoms with E-state index in [1.807, 2.05) is 6.08 Å². The van der Waals surface area contributed by atoms with Gasteiger partial charge in [0.2, 0.25) is 0 Å². The zero-order chi connectivity index (χ0) is 12.9. The van der Waals surface area contributed by atoms with Crippen molar-refractivity contribution in [1.29, 1.82) is 0 Å². The number of hydrogen-bond donors (Lipinski definition) is 0. The van der Waals surface area contributed by atoms with Crippen molar-refractivity contribution in [2.75, 3.05) is 6.61 Å². The number of ether oxygens (including phenoxy) is 1. The Kier molecular flexibility index (Phi) is 10.7. The summed E-state index contributed by atoms with van der Waals surface area (Å²) in [4.78, 5) is 11.3. The van der Waals surface area contributed by atoms with Gasteiger partial charge in [0, 0.05) is 6.42 Å². The van der Waals surface area contributed by atoms with Crippen molar-refractivity contribution in [3.63, 3.8) is 0 Å². The molecule has 0 aromatic carbocycles. The lowest BCUT2D eigenvalue weighted by molar-refractivity contribution is -0.145. The van der Waals surface area contributed by atoms with Gasteiger partial charge in [0.15, 0.2) is 0 Å². The third kappa shape index (κ3) is 11.2. The minimum absolute atomic E-state index is 0.0491. The number of rotatable bonds is 10. The Morgan fingerprint density at radius 2 is 2.12 bits per heavy atom. The SMILES string of the molecule is C=C/C=C/CCCCCC(=O)OCC(C)CC. The second-order valence-corrected chi connectivity index (χ2v) is 4.46. The van der Waals surface area contributed by atoms with Crippen molar-refractivity contribution in [2.24, 2.45) is 5.92 Å². The number of carbonyl (C=O) groups excluding carboxylic acids is 1. The number of allylic oxidation sites excluding steroid dienone is 3. The highest BCUT2D eigenvalue weighted by Crippen LogP contribution is 2.06. The fourth-order valence-electron chi connectivity index (χ4n) is 1.33. The Hall–Kier alpha value is -1.05. The van der Waals surface area contributed by atoms with E-state index in [4.69, 9.17) is 4.74 Å². The van der Waals surface area contributed by atoms with Crippen LogP contribution in [0, 0.1) is 5.92 Å². The van der Waals surface area contributed by atoms with Crippen molar-refractivity contribution in [1.82, 2.24) is 0 Å². The Balaban J connectivity index is 3.33. The molecule has 0 aliphatic heterocycles. The van der Waals surface area contributed by atoms with Crippen LogP contribution in [0.5, 0.6) is 0 Å². The van der Waals surface area contributed by atoms with Gasteiger partial charge in [0.1, 0.15) is 0 Å². The average Bonchev–Trinajstić information content (AvgIpc) is 2.34. The maximum atomic E-state index is 11.3. The lowest BCUT2D eigenvalue weighted by Gasteiger charge is -2.09. The summed E-state index contributed by atoms with van der Waals surface area (Å²) in [6, 6.07) is 0. The Labute approximate surface area is 106 Å². The molecule has 17 heavy (non-hydrogen) atoms. The van der Waals surface area contributed by atoms with Gasteiger partial charge in [0.05, 0.1) is 6.61 Å². The van der Waals surface area contributed by atoms with Crippen molar-refractivity contribution in [2.45, 2.75) is 52.4 Å². The molecule has 0 aliphatic rings. The van der Waals surface area contributed by atoms with Crippen molar-refractivity contribution >= 4 is 5.97 Å². The second-order valence-electron chi connectivity index (χ2n) is 4.46. The summed E-state index contributed by atoms with van der Waals surface area (Å²) >= 11 is 0. The number of unbranched alkanes of at least 4 members (excludes halogenated alkanes) is 3. The second kappa shape index (κ2) is 11.4. The summed E-state index contributed by atoms with van der Waals surface area (Å²) < 4.78 is 5.17. The van der Waals surface area contributed by atoms with E-state index in [1.165, 1.54) is 0 Å². The third-order valence-corrected chi connectivity index (χ3v) is 2.75. The van der Waals surface area contributed by atoms with Gasteiger partial charge in [-0.1, -0.05) is 51.5 Å². The highest BCUT2D eigenvalue weighted by atomic mass is 16.5. The molecule has 0 fully saturated rings. The zero-order valence-corrected chi connectivity index (χ0v) is 11.3. The van der Waals surface area contributed by atoms with E-state index in [0.717, 1.165) is 32.1 Å². The predicted octanol–water partition coefficient (Wildman–Crippen LogP) is 4.27. The molecule has 0 aliphatic carbocycles. The first-order chi connectivity index (χ1) is 8.20. The highest BCUT2D eigenvalue weighted by molar-refractivity contribution is 5.69. The monoisotopic (exact) mass is 238 g/mol. The molecule has 0 radical (unpaired) electrons. The van der Waals surface area contributed by atoms with Gasteiger partial charge >= 0.3 is 5.97 Å².